The fourth-order valence-electron chi connectivity index (χ4n) is 2.70. The number of rotatable bonds is 2. The van der Waals surface area contributed by atoms with Gasteiger partial charge in [0, 0.05) is 22.1 Å². The van der Waals surface area contributed by atoms with Crippen LogP contribution in [0, 0.1) is 0 Å². The molecule has 1 unspecified atom stereocenters. The molecule has 1 nitrogen and oxygen atoms in total. The van der Waals surface area contributed by atoms with Crippen LogP contribution in [0.25, 0.3) is 0 Å². The van der Waals surface area contributed by atoms with E-state index in [0.29, 0.717) is 12.1 Å². The van der Waals surface area contributed by atoms with Gasteiger partial charge in [0.05, 0.1) is 0 Å². The first kappa shape index (κ1) is 13.2. The number of piperidine rings is 1. The molecular weight excluding hydrogens is 253 g/mol. The summed E-state index contributed by atoms with van der Waals surface area (Å²) in [5.74, 6) is 0. The Kier molecular flexibility index (Phi) is 4.35. The maximum Gasteiger partial charge on any atom is 0.0424 e. The lowest BCUT2D eigenvalue weighted by molar-refractivity contribution is 0.114. The van der Waals surface area contributed by atoms with Crippen molar-refractivity contribution in [3.05, 3.63) is 33.8 Å². The first-order chi connectivity index (χ1) is 8.08. The van der Waals surface area contributed by atoms with E-state index in [-0.39, 0.29) is 0 Å². The van der Waals surface area contributed by atoms with E-state index in [1.165, 1.54) is 31.4 Å². The van der Waals surface area contributed by atoms with Gasteiger partial charge in [-0.25, -0.2) is 0 Å². The van der Waals surface area contributed by atoms with E-state index in [0.717, 1.165) is 10.0 Å². The van der Waals surface area contributed by atoms with Gasteiger partial charge in [-0.2, -0.15) is 0 Å². The van der Waals surface area contributed by atoms with Crippen LogP contribution in [0.5, 0.6) is 0 Å². The molecule has 0 amide bonds. The predicted octanol–water partition coefficient (Wildman–Crippen LogP) is 4.93. The van der Waals surface area contributed by atoms with Gasteiger partial charge < -0.3 is 0 Å². The van der Waals surface area contributed by atoms with Gasteiger partial charge in [-0.3, -0.25) is 4.90 Å². The van der Waals surface area contributed by atoms with Crippen molar-refractivity contribution in [2.24, 2.45) is 0 Å². The molecule has 2 rings (SSSR count). The van der Waals surface area contributed by atoms with Crippen LogP contribution in [0.2, 0.25) is 10.0 Å². The van der Waals surface area contributed by atoms with Crippen molar-refractivity contribution >= 4 is 23.2 Å². The second-order valence-electron chi connectivity index (χ2n) is 4.96. The first-order valence-electron chi connectivity index (χ1n) is 6.29. The van der Waals surface area contributed by atoms with Crippen molar-refractivity contribution in [3.63, 3.8) is 0 Å². The second kappa shape index (κ2) is 5.60. The zero-order chi connectivity index (χ0) is 12.4. The third-order valence-corrected chi connectivity index (χ3v) is 4.16. The molecule has 1 fully saturated rings. The minimum absolute atomic E-state index is 0.390. The lowest BCUT2D eigenvalue weighted by Crippen LogP contribution is -2.39. The van der Waals surface area contributed by atoms with Gasteiger partial charge in [-0.1, -0.05) is 29.6 Å². The SMILES string of the molecule is CC1CCCCN1[C@H](C)c1cc(Cl)cc(Cl)c1. The molecule has 0 radical (unpaired) electrons. The Hall–Kier alpha value is -0.240. The Morgan fingerprint density at radius 1 is 1.18 bits per heavy atom. The van der Waals surface area contributed by atoms with Crippen molar-refractivity contribution < 1.29 is 0 Å². The van der Waals surface area contributed by atoms with Gasteiger partial charge >= 0.3 is 0 Å². The summed E-state index contributed by atoms with van der Waals surface area (Å²) in [7, 11) is 0. The highest BCUT2D eigenvalue weighted by Gasteiger charge is 2.24. The smallest absolute Gasteiger partial charge is 0.0424 e. The van der Waals surface area contributed by atoms with Crippen molar-refractivity contribution in [3.8, 4) is 0 Å². The summed E-state index contributed by atoms with van der Waals surface area (Å²) in [4.78, 5) is 2.55. The molecule has 94 valence electrons. The van der Waals surface area contributed by atoms with E-state index >= 15 is 0 Å². The quantitative estimate of drug-likeness (QED) is 0.738. The number of hydrogen-bond donors (Lipinski definition) is 0. The lowest BCUT2D eigenvalue weighted by atomic mass is 9.98. The second-order valence-corrected chi connectivity index (χ2v) is 5.83. The number of likely N-dealkylation sites (tertiary alicyclic amines) is 1. The van der Waals surface area contributed by atoms with Gasteiger partial charge in [0.25, 0.3) is 0 Å². The van der Waals surface area contributed by atoms with E-state index < -0.39 is 0 Å². The van der Waals surface area contributed by atoms with Gasteiger partial charge in [0.1, 0.15) is 0 Å². The maximum absolute atomic E-state index is 6.07. The molecule has 1 aromatic rings. The first-order valence-corrected chi connectivity index (χ1v) is 7.05. The molecule has 1 aliphatic rings. The summed E-state index contributed by atoms with van der Waals surface area (Å²) in [6, 6.07) is 6.88. The van der Waals surface area contributed by atoms with Gasteiger partial charge in [0.2, 0.25) is 0 Å². The fraction of sp³-hybridized carbons (Fsp3) is 0.571. The molecule has 0 saturated carbocycles. The largest absolute Gasteiger partial charge is 0.294 e. The molecule has 17 heavy (non-hydrogen) atoms. The van der Waals surface area contributed by atoms with Crippen molar-refractivity contribution in [1.82, 2.24) is 4.90 Å². The maximum atomic E-state index is 6.07. The summed E-state index contributed by atoms with van der Waals surface area (Å²) in [6.07, 6.45) is 3.93. The molecule has 0 spiro atoms. The zero-order valence-electron chi connectivity index (χ0n) is 10.4. The number of benzene rings is 1. The minimum atomic E-state index is 0.390. The van der Waals surface area contributed by atoms with Crippen molar-refractivity contribution in [2.75, 3.05) is 6.54 Å². The molecular formula is C14H19Cl2N. The molecule has 0 bridgehead atoms. The molecule has 0 N–H and O–H groups in total. The van der Waals surface area contributed by atoms with Crippen LogP contribution in [-0.2, 0) is 0 Å². The Labute approximate surface area is 114 Å². The van der Waals surface area contributed by atoms with Crippen LogP contribution >= 0.6 is 23.2 Å². The molecule has 1 aliphatic heterocycles. The zero-order valence-corrected chi connectivity index (χ0v) is 11.9. The van der Waals surface area contributed by atoms with E-state index in [4.69, 9.17) is 23.2 Å². The molecule has 2 atom stereocenters. The molecule has 0 aliphatic carbocycles. The van der Waals surface area contributed by atoms with Gasteiger partial charge in [-0.05, 0) is 57.0 Å². The number of nitrogens with zero attached hydrogens (tertiary/aromatic N) is 1. The summed E-state index contributed by atoms with van der Waals surface area (Å²) in [5.41, 5.74) is 1.22. The minimum Gasteiger partial charge on any atom is -0.294 e. The molecule has 3 heteroatoms. The van der Waals surface area contributed by atoms with Crippen molar-refractivity contribution in [2.45, 2.75) is 45.2 Å². The van der Waals surface area contributed by atoms with Crippen LogP contribution in [-0.4, -0.2) is 17.5 Å². The van der Waals surface area contributed by atoms with Gasteiger partial charge in [0.15, 0.2) is 0 Å². The van der Waals surface area contributed by atoms with Crippen LogP contribution in [0.1, 0.15) is 44.7 Å². The molecule has 1 aromatic carbocycles. The topological polar surface area (TPSA) is 3.24 Å². The number of halogens is 2. The van der Waals surface area contributed by atoms with Crippen LogP contribution in [0.15, 0.2) is 18.2 Å². The summed E-state index contributed by atoms with van der Waals surface area (Å²) in [6.45, 7) is 5.72. The summed E-state index contributed by atoms with van der Waals surface area (Å²) < 4.78 is 0. The third-order valence-electron chi connectivity index (χ3n) is 3.72. The molecule has 1 saturated heterocycles. The van der Waals surface area contributed by atoms with Crippen LogP contribution in [0.4, 0.5) is 0 Å². The standard InChI is InChI=1S/C14H19Cl2N/c1-10-5-3-4-6-17(10)11(2)12-7-13(15)9-14(16)8-12/h7-11H,3-6H2,1-2H3/t10?,11-/m1/s1. The van der Waals surface area contributed by atoms with Gasteiger partial charge in [-0.15, -0.1) is 0 Å². The Bertz CT molecular complexity index is 372. The van der Waals surface area contributed by atoms with E-state index in [1.807, 2.05) is 12.1 Å². The van der Waals surface area contributed by atoms with E-state index in [1.54, 1.807) is 6.07 Å². The van der Waals surface area contributed by atoms with E-state index in [9.17, 15) is 0 Å². The molecule has 1 heterocycles. The highest BCUT2D eigenvalue weighted by molar-refractivity contribution is 6.34. The monoisotopic (exact) mass is 271 g/mol. The lowest BCUT2D eigenvalue weighted by Gasteiger charge is -2.38. The fourth-order valence-corrected chi connectivity index (χ4v) is 3.25. The van der Waals surface area contributed by atoms with Crippen molar-refractivity contribution in [1.29, 1.82) is 0 Å². The number of hydrogen-bond acceptors (Lipinski definition) is 1. The Morgan fingerprint density at radius 2 is 1.82 bits per heavy atom. The normalized spacial score (nSPS) is 23.6. The third kappa shape index (κ3) is 3.15. The molecule has 0 aromatic heterocycles. The highest BCUT2D eigenvalue weighted by Crippen LogP contribution is 2.31. The van der Waals surface area contributed by atoms with E-state index in [2.05, 4.69) is 18.7 Å². The van der Waals surface area contributed by atoms with Crippen LogP contribution < -0.4 is 0 Å². The summed E-state index contributed by atoms with van der Waals surface area (Å²) in [5, 5.41) is 1.45. The van der Waals surface area contributed by atoms with Crippen LogP contribution in [0.3, 0.4) is 0 Å². The summed E-state index contributed by atoms with van der Waals surface area (Å²) >= 11 is 12.1. The average molecular weight is 272 g/mol. The predicted molar refractivity (Wildman–Crippen MR) is 74.9 cm³/mol. The Morgan fingerprint density at radius 3 is 2.41 bits per heavy atom. The highest BCUT2D eigenvalue weighted by atomic mass is 35.5. The Balaban J connectivity index is 2.20. The average Bonchev–Trinajstić information content (AvgIpc) is 2.27.